The Morgan fingerprint density at radius 2 is 2.42 bits per heavy atom. The summed E-state index contributed by atoms with van der Waals surface area (Å²) in [5, 5.41) is 6.36. The van der Waals surface area contributed by atoms with Gasteiger partial charge < -0.3 is 5.73 Å². The lowest BCUT2D eigenvalue weighted by atomic mass is 10.4. The van der Waals surface area contributed by atoms with Gasteiger partial charge in [0.05, 0.1) is 0 Å². The molecule has 0 aromatic carbocycles. The second-order valence-corrected chi connectivity index (χ2v) is 3.08. The number of hydrogen-bond donors (Lipinski definition) is 2. The molecule has 0 aliphatic heterocycles. The summed E-state index contributed by atoms with van der Waals surface area (Å²) in [4.78, 5) is 11.2. The van der Waals surface area contributed by atoms with Gasteiger partial charge in [0.25, 0.3) is 0 Å². The first-order valence-corrected chi connectivity index (χ1v) is 4.19. The number of H-pyrrole nitrogens is 1. The van der Waals surface area contributed by atoms with Gasteiger partial charge in [-0.3, -0.25) is 4.57 Å². The molecule has 5 nitrogen and oxygen atoms in total. The van der Waals surface area contributed by atoms with Gasteiger partial charge in [-0.15, -0.1) is 0 Å². The molecule has 1 aromatic heterocycles. The van der Waals surface area contributed by atoms with Crippen LogP contribution in [-0.2, 0) is 6.42 Å². The van der Waals surface area contributed by atoms with Crippen LogP contribution in [0, 0.1) is 0 Å². The molecule has 12 heavy (non-hydrogen) atoms. The minimum Gasteiger partial charge on any atom is -0.330 e. The Morgan fingerprint density at radius 3 is 3.00 bits per heavy atom. The van der Waals surface area contributed by atoms with Crippen molar-refractivity contribution in [1.82, 2.24) is 14.8 Å². The molecule has 0 radical (unpaired) electrons. The molecule has 66 valence electrons. The molecule has 2 rings (SSSR count). The molecule has 1 aromatic rings. The van der Waals surface area contributed by atoms with Crippen molar-refractivity contribution >= 4 is 0 Å². The maximum atomic E-state index is 11.2. The van der Waals surface area contributed by atoms with E-state index >= 15 is 0 Å². The van der Waals surface area contributed by atoms with Crippen LogP contribution in [0.2, 0.25) is 0 Å². The minimum absolute atomic E-state index is 0.0963. The van der Waals surface area contributed by atoms with Gasteiger partial charge in [-0.1, -0.05) is 0 Å². The van der Waals surface area contributed by atoms with E-state index in [0.717, 1.165) is 18.7 Å². The lowest BCUT2D eigenvalue weighted by Gasteiger charge is -2.00. The number of nitrogens with zero attached hydrogens (tertiary/aromatic N) is 2. The van der Waals surface area contributed by atoms with E-state index in [1.807, 2.05) is 0 Å². The molecule has 0 saturated heterocycles. The van der Waals surface area contributed by atoms with Crippen LogP contribution in [0.4, 0.5) is 0 Å². The Labute approximate surface area is 69.6 Å². The maximum absolute atomic E-state index is 11.2. The number of nitrogens with one attached hydrogen (secondary N) is 1. The van der Waals surface area contributed by atoms with Crippen LogP contribution in [0.5, 0.6) is 0 Å². The molecule has 0 amide bonds. The van der Waals surface area contributed by atoms with Gasteiger partial charge in [-0.2, -0.15) is 5.10 Å². The fourth-order valence-corrected chi connectivity index (χ4v) is 1.35. The Morgan fingerprint density at radius 1 is 1.67 bits per heavy atom. The molecular weight excluding hydrogens is 156 g/mol. The molecule has 5 heteroatoms. The standard InChI is InChI=1S/C7H12N4O/c8-4-3-6-9-10-7(12)11(6)5-1-2-5/h5H,1-4,8H2,(H,10,12). The zero-order chi connectivity index (χ0) is 8.55. The van der Waals surface area contributed by atoms with Crippen LogP contribution in [0.1, 0.15) is 24.7 Å². The van der Waals surface area contributed by atoms with Crippen molar-refractivity contribution in [2.24, 2.45) is 5.73 Å². The Balaban J connectivity index is 2.33. The Hall–Kier alpha value is -1.10. The van der Waals surface area contributed by atoms with Gasteiger partial charge in [-0.25, -0.2) is 9.89 Å². The first-order chi connectivity index (χ1) is 5.83. The molecule has 1 aliphatic rings. The first kappa shape index (κ1) is 7.54. The summed E-state index contributed by atoms with van der Waals surface area (Å²) in [7, 11) is 0. The minimum atomic E-state index is -0.0963. The van der Waals surface area contributed by atoms with Crippen LogP contribution < -0.4 is 11.4 Å². The van der Waals surface area contributed by atoms with Gasteiger partial charge in [-0.05, 0) is 19.4 Å². The Bertz CT molecular complexity index is 322. The topological polar surface area (TPSA) is 76.7 Å². The molecule has 0 bridgehead atoms. The van der Waals surface area contributed by atoms with Gasteiger partial charge >= 0.3 is 5.69 Å². The quantitative estimate of drug-likeness (QED) is 0.633. The molecule has 1 heterocycles. The zero-order valence-corrected chi connectivity index (χ0v) is 6.79. The lowest BCUT2D eigenvalue weighted by molar-refractivity contribution is 0.658. The Kier molecular flexibility index (Phi) is 1.73. The maximum Gasteiger partial charge on any atom is 0.343 e. The second kappa shape index (κ2) is 2.75. The highest BCUT2D eigenvalue weighted by Gasteiger charge is 2.27. The SMILES string of the molecule is NCCc1n[nH]c(=O)n1C1CC1. The fraction of sp³-hybridized carbons (Fsp3) is 0.714. The van der Waals surface area contributed by atoms with Gasteiger partial charge in [0.2, 0.25) is 0 Å². The van der Waals surface area contributed by atoms with E-state index < -0.39 is 0 Å². The number of hydrogen-bond acceptors (Lipinski definition) is 3. The van der Waals surface area contributed by atoms with E-state index in [2.05, 4.69) is 10.2 Å². The molecular formula is C7H12N4O. The number of nitrogens with two attached hydrogens (primary N) is 1. The van der Waals surface area contributed by atoms with Gasteiger partial charge in [0.1, 0.15) is 5.82 Å². The van der Waals surface area contributed by atoms with Crippen LogP contribution in [0.15, 0.2) is 4.79 Å². The molecule has 3 N–H and O–H groups in total. The summed E-state index contributed by atoms with van der Waals surface area (Å²) in [6, 6.07) is 0.387. The van der Waals surface area contributed by atoms with E-state index in [4.69, 9.17) is 5.73 Å². The fourth-order valence-electron chi connectivity index (χ4n) is 1.35. The van der Waals surface area contributed by atoms with Crippen LogP contribution >= 0.6 is 0 Å². The largest absolute Gasteiger partial charge is 0.343 e. The highest BCUT2D eigenvalue weighted by Crippen LogP contribution is 2.33. The zero-order valence-electron chi connectivity index (χ0n) is 6.79. The molecule has 1 fully saturated rings. The van der Waals surface area contributed by atoms with Crippen molar-refractivity contribution in [2.75, 3.05) is 6.54 Å². The molecule has 0 atom stereocenters. The van der Waals surface area contributed by atoms with E-state index in [1.54, 1.807) is 4.57 Å². The molecule has 1 aliphatic carbocycles. The van der Waals surface area contributed by atoms with Gasteiger partial charge in [0.15, 0.2) is 0 Å². The van der Waals surface area contributed by atoms with Crippen molar-refractivity contribution in [2.45, 2.75) is 25.3 Å². The van der Waals surface area contributed by atoms with Crippen molar-refractivity contribution in [3.8, 4) is 0 Å². The van der Waals surface area contributed by atoms with E-state index in [0.29, 0.717) is 19.0 Å². The van der Waals surface area contributed by atoms with Crippen LogP contribution in [0.3, 0.4) is 0 Å². The number of rotatable bonds is 3. The van der Waals surface area contributed by atoms with E-state index in [-0.39, 0.29) is 5.69 Å². The average molecular weight is 168 g/mol. The molecule has 0 unspecified atom stereocenters. The highest BCUT2D eigenvalue weighted by molar-refractivity contribution is 4.95. The normalized spacial score (nSPS) is 16.8. The summed E-state index contributed by atoms with van der Waals surface area (Å²) < 4.78 is 1.73. The third-order valence-corrected chi connectivity index (χ3v) is 2.06. The van der Waals surface area contributed by atoms with Gasteiger partial charge in [0, 0.05) is 12.5 Å². The average Bonchev–Trinajstić information content (AvgIpc) is 2.80. The van der Waals surface area contributed by atoms with E-state index in [1.165, 1.54) is 0 Å². The third kappa shape index (κ3) is 1.16. The summed E-state index contributed by atoms with van der Waals surface area (Å²) in [5.41, 5.74) is 5.29. The van der Waals surface area contributed by atoms with Crippen molar-refractivity contribution in [3.05, 3.63) is 16.3 Å². The predicted molar refractivity (Wildman–Crippen MR) is 43.9 cm³/mol. The van der Waals surface area contributed by atoms with Crippen LogP contribution in [-0.4, -0.2) is 21.3 Å². The summed E-state index contributed by atoms with van der Waals surface area (Å²) >= 11 is 0. The van der Waals surface area contributed by atoms with E-state index in [9.17, 15) is 4.79 Å². The first-order valence-electron chi connectivity index (χ1n) is 4.19. The van der Waals surface area contributed by atoms with Crippen molar-refractivity contribution < 1.29 is 0 Å². The second-order valence-electron chi connectivity index (χ2n) is 3.08. The van der Waals surface area contributed by atoms with Crippen molar-refractivity contribution in [3.63, 3.8) is 0 Å². The smallest absolute Gasteiger partial charge is 0.330 e. The number of aromatic amines is 1. The van der Waals surface area contributed by atoms with Crippen molar-refractivity contribution in [1.29, 1.82) is 0 Å². The predicted octanol–water partition coefficient (Wildman–Crippen LogP) is -0.593. The molecule has 0 spiro atoms. The summed E-state index contributed by atoms with van der Waals surface area (Å²) in [6.07, 6.45) is 2.86. The summed E-state index contributed by atoms with van der Waals surface area (Å²) in [6.45, 7) is 0.539. The molecule has 1 saturated carbocycles. The summed E-state index contributed by atoms with van der Waals surface area (Å²) in [5.74, 6) is 0.796. The highest BCUT2D eigenvalue weighted by atomic mass is 16.1. The van der Waals surface area contributed by atoms with Crippen LogP contribution in [0.25, 0.3) is 0 Å². The lowest BCUT2D eigenvalue weighted by Crippen LogP contribution is -2.19. The third-order valence-electron chi connectivity index (χ3n) is 2.06. The number of aromatic nitrogens is 3. The monoisotopic (exact) mass is 168 g/mol.